The topological polar surface area (TPSA) is 94.8 Å². The highest BCUT2D eigenvalue weighted by Gasteiger charge is 2.17. The largest absolute Gasteiger partial charge is 0.508 e. The number of phenols is 1. The minimum atomic E-state index is -1.68. The summed E-state index contributed by atoms with van der Waals surface area (Å²) in [6.45, 7) is 0. The number of halogens is 1. The van der Waals surface area contributed by atoms with Gasteiger partial charge >= 0.3 is 5.97 Å². The van der Waals surface area contributed by atoms with E-state index in [1.807, 2.05) is 0 Å². The second-order valence-corrected chi connectivity index (χ2v) is 3.75. The SMILES string of the molecule is O=C(CCl)Cc1cc(C(O)C(=O)O)ccc1O. The van der Waals surface area contributed by atoms with Crippen LogP contribution in [0.3, 0.4) is 0 Å². The van der Waals surface area contributed by atoms with Crippen molar-refractivity contribution in [3.8, 4) is 5.75 Å². The minimum Gasteiger partial charge on any atom is -0.508 e. The Balaban J connectivity index is 3.02. The fourth-order valence-corrected chi connectivity index (χ4v) is 1.41. The summed E-state index contributed by atoms with van der Waals surface area (Å²) in [5, 5.41) is 27.4. The maximum atomic E-state index is 11.1. The van der Waals surface area contributed by atoms with Gasteiger partial charge in [-0.15, -0.1) is 11.6 Å². The predicted octanol–water partition coefficient (Wildman–Crippen LogP) is 0.861. The van der Waals surface area contributed by atoms with Crippen molar-refractivity contribution in [2.24, 2.45) is 0 Å². The van der Waals surface area contributed by atoms with E-state index in [1.165, 1.54) is 18.2 Å². The molecule has 6 heteroatoms. The number of carboxylic acid groups (broad SMARTS) is 1. The minimum absolute atomic E-state index is 0.102. The molecule has 17 heavy (non-hydrogen) atoms. The quantitative estimate of drug-likeness (QED) is 0.681. The van der Waals surface area contributed by atoms with Gasteiger partial charge in [-0.25, -0.2) is 4.79 Å². The highest BCUT2D eigenvalue weighted by atomic mass is 35.5. The monoisotopic (exact) mass is 258 g/mol. The Labute approximate surface area is 102 Å². The maximum absolute atomic E-state index is 11.1. The molecule has 0 aliphatic carbocycles. The van der Waals surface area contributed by atoms with Gasteiger partial charge in [-0.1, -0.05) is 6.07 Å². The predicted molar refractivity (Wildman–Crippen MR) is 60.1 cm³/mol. The highest BCUT2D eigenvalue weighted by molar-refractivity contribution is 6.27. The first-order valence-corrected chi connectivity index (χ1v) is 5.29. The standard InChI is InChI=1S/C11H11ClO5/c12-5-8(13)4-7-3-6(1-2-9(7)14)10(15)11(16)17/h1-3,10,14-15H,4-5H2,(H,16,17). The summed E-state index contributed by atoms with van der Waals surface area (Å²) in [5.74, 6) is -2.02. The van der Waals surface area contributed by atoms with Crippen LogP contribution in [0.2, 0.25) is 0 Å². The molecule has 1 aromatic rings. The number of hydrogen-bond donors (Lipinski definition) is 3. The fraction of sp³-hybridized carbons (Fsp3) is 0.273. The van der Waals surface area contributed by atoms with Crippen LogP contribution in [0.4, 0.5) is 0 Å². The Hall–Kier alpha value is -1.59. The number of carbonyl (C=O) groups excluding carboxylic acids is 1. The number of hydrogen-bond acceptors (Lipinski definition) is 4. The number of Topliss-reactive ketones (excluding diaryl/α,β-unsaturated/α-hetero) is 1. The number of ketones is 1. The van der Waals surface area contributed by atoms with Crippen LogP contribution in [-0.2, 0) is 16.0 Å². The molecule has 0 radical (unpaired) electrons. The molecule has 1 rings (SSSR count). The first-order valence-electron chi connectivity index (χ1n) is 4.76. The lowest BCUT2D eigenvalue weighted by Crippen LogP contribution is -2.11. The molecule has 0 bridgehead atoms. The van der Waals surface area contributed by atoms with Crippen LogP contribution < -0.4 is 0 Å². The van der Waals surface area contributed by atoms with Crippen LogP contribution in [-0.4, -0.2) is 33.0 Å². The Kier molecular flexibility index (Phi) is 4.48. The van der Waals surface area contributed by atoms with E-state index in [9.17, 15) is 19.8 Å². The van der Waals surface area contributed by atoms with Crippen LogP contribution in [0.1, 0.15) is 17.2 Å². The van der Waals surface area contributed by atoms with Gasteiger partial charge in [0.2, 0.25) is 0 Å². The smallest absolute Gasteiger partial charge is 0.337 e. The van der Waals surface area contributed by atoms with Crippen molar-refractivity contribution in [1.29, 1.82) is 0 Å². The highest BCUT2D eigenvalue weighted by Crippen LogP contribution is 2.23. The Morgan fingerprint density at radius 2 is 2.00 bits per heavy atom. The van der Waals surface area contributed by atoms with Gasteiger partial charge in [0, 0.05) is 12.0 Å². The van der Waals surface area contributed by atoms with Crippen molar-refractivity contribution in [3.05, 3.63) is 29.3 Å². The molecule has 1 aromatic carbocycles. The normalized spacial score (nSPS) is 12.1. The molecular formula is C11H11ClO5. The molecule has 0 aromatic heterocycles. The molecule has 0 saturated carbocycles. The van der Waals surface area contributed by atoms with E-state index >= 15 is 0 Å². The molecule has 1 unspecified atom stereocenters. The van der Waals surface area contributed by atoms with Crippen LogP contribution in [0.25, 0.3) is 0 Å². The van der Waals surface area contributed by atoms with Gasteiger partial charge in [0.15, 0.2) is 11.9 Å². The van der Waals surface area contributed by atoms with Crippen molar-refractivity contribution in [1.82, 2.24) is 0 Å². The van der Waals surface area contributed by atoms with Crippen molar-refractivity contribution in [2.75, 3.05) is 5.88 Å². The number of benzene rings is 1. The molecule has 92 valence electrons. The first kappa shape index (κ1) is 13.5. The molecule has 0 aliphatic rings. The van der Waals surface area contributed by atoms with E-state index in [0.717, 1.165) is 0 Å². The van der Waals surface area contributed by atoms with E-state index in [1.54, 1.807) is 0 Å². The summed E-state index contributed by atoms with van der Waals surface area (Å²) in [7, 11) is 0. The second-order valence-electron chi connectivity index (χ2n) is 3.48. The van der Waals surface area contributed by atoms with Crippen molar-refractivity contribution >= 4 is 23.4 Å². The number of aliphatic hydroxyl groups excluding tert-OH is 1. The first-order chi connectivity index (χ1) is 7.95. The summed E-state index contributed by atoms with van der Waals surface area (Å²) in [6, 6.07) is 3.79. The number of aromatic hydroxyl groups is 1. The summed E-state index contributed by atoms with van der Waals surface area (Å²) in [6.07, 6.45) is -1.78. The van der Waals surface area contributed by atoms with E-state index in [-0.39, 0.29) is 35.0 Å². The average Bonchev–Trinajstić information content (AvgIpc) is 2.30. The van der Waals surface area contributed by atoms with Gasteiger partial charge < -0.3 is 15.3 Å². The lowest BCUT2D eigenvalue weighted by molar-refractivity contribution is -0.146. The average molecular weight is 259 g/mol. The molecule has 0 saturated heterocycles. The van der Waals surface area contributed by atoms with E-state index in [0.29, 0.717) is 0 Å². The summed E-state index contributed by atoms with van der Waals surface area (Å²) in [5.41, 5.74) is 0.348. The fourth-order valence-electron chi connectivity index (χ4n) is 1.32. The van der Waals surface area contributed by atoms with Crippen molar-refractivity contribution < 1.29 is 24.9 Å². The number of carboxylic acids is 1. The number of phenolic OH excluding ortho intramolecular Hbond substituents is 1. The molecule has 0 amide bonds. The van der Waals surface area contributed by atoms with E-state index < -0.39 is 12.1 Å². The van der Waals surface area contributed by atoms with Gasteiger partial charge in [-0.3, -0.25) is 4.79 Å². The Morgan fingerprint density at radius 3 is 2.53 bits per heavy atom. The van der Waals surface area contributed by atoms with Crippen LogP contribution >= 0.6 is 11.6 Å². The van der Waals surface area contributed by atoms with Crippen LogP contribution in [0.15, 0.2) is 18.2 Å². The van der Waals surface area contributed by atoms with Gasteiger partial charge in [0.05, 0.1) is 5.88 Å². The van der Waals surface area contributed by atoms with Crippen LogP contribution in [0, 0.1) is 0 Å². The maximum Gasteiger partial charge on any atom is 0.337 e. The lowest BCUT2D eigenvalue weighted by atomic mass is 10.0. The molecular weight excluding hydrogens is 248 g/mol. The van der Waals surface area contributed by atoms with Crippen LogP contribution in [0.5, 0.6) is 5.75 Å². The Morgan fingerprint density at radius 1 is 1.35 bits per heavy atom. The van der Waals surface area contributed by atoms with Gasteiger partial charge in [0.1, 0.15) is 5.75 Å². The third kappa shape index (κ3) is 3.44. The third-order valence-electron chi connectivity index (χ3n) is 2.19. The van der Waals surface area contributed by atoms with E-state index in [4.69, 9.17) is 16.7 Å². The molecule has 3 N–H and O–H groups in total. The third-order valence-corrected chi connectivity index (χ3v) is 2.49. The van der Waals surface area contributed by atoms with E-state index in [2.05, 4.69) is 0 Å². The zero-order valence-electron chi connectivity index (χ0n) is 8.76. The number of rotatable bonds is 5. The zero-order valence-corrected chi connectivity index (χ0v) is 9.52. The zero-order chi connectivity index (χ0) is 13.0. The number of carbonyl (C=O) groups is 2. The molecule has 0 fully saturated rings. The van der Waals surface area contributed by atoms with Crippen molar-refractivity contribution in [2.45, 2.75) is 12.5 Å². The summed E-state index contributed by atoms with van der Waals surface area (Å²) in [4.78, 5) is 21.7. The molecule has 0 aliphatic heterocycles. The molecule has 0 spiro atoms. The summed E-state index contributed by atoms with van der Waals surface area (Å²) < 4.78 is 0. The second kappa shape index (κ2) is 5.65. The van der Waals surface area contributed by atoms with Crippen molar-refractivity contribution in [3.63, 3.8) is 0 Å². The van der Waals surface area contributed by atoms with Gasteiger partial charge in [-0.05, 0) is 17.7 Å². The number of aliphatic carboxylic acids is 1. The number of alkyl halides is 1. The molecule has 5 nitrogen and oxygen atoms in total. The van der Waals surface area contributed by atoms with Gasteiger partial charge in [-0.2, -0.15) is 0 Å². The van der Waals surface area contributed by atoms with Gasteiger partial charge in [0.25, 0.3) is 0 Å². The molecule has 0 heterocycles. The Bertz CT molecular complexity index is 443. The number of aliphatic hydroxyl groups is 1. The summed E-state index contributed by atoms with van der Waals surface area (Å²) >= 11 is 5.33. The lowest BCUT2D eigenvalue weighted by Gasteiger charge is -2.09. The molecule has 1 atom stereocenters.